The van der Waals surface area contributed by atoms with E-state index in [9.17, 15) is 9.59 Å². The molecule has 0 spiro atoms. The summed E-state index contributed by atoms with van der Waals surface area (Å²) in [6, 6.07) is 21.2. The Labute approximate surface area is 184 Å². The van der Waals surface area contributed by atoms with E-state index in [4.69, 9.17) is 33.2 Å². The largest absolute Gasteiger partial charge is 0.481 e. The molecule has 1 amide bonds. The van der Waals surface area contributed by atoms with Crippen LogP contribution in [0.3, 0.4) is 0 Å². The summed E-state index contributed by atoms with van der Waals surface area (Å²) in [5, 5.41) is 9.16. The van der Waals surface area contributed by atoms with Crippen molar-refractivity contribution in [3.63, 3.8) is 0 Å². The Morgan fingerprint density at radius 3 is 2.27 bits per heavy atom. The number of carboxylic acid groups (broad SMARTS) is 1. The monoisotopic (exact) mass is 443 g/mol. The summed E-state index contributed by atoms with van der Waals surface area (Å²) in [7, 11) is 0. The fourth-order valence-electron chi connectivity index (χ4n) is 2.82. The van der Waals surface area contributed by atoms with E-state index in [0.717, 1.165) is 5.56 Å². The van der Waals surface area contributed by atoms with Crippen molar-refractivity contribution in [3.8, 4) is 11.5 Å². The molecular formula is C23H19Cl2NO4. The van der Waals surface area contributed by atoms with Gasteiger partial charge in [-0.2, -0.15) is 0 Å². The van der Waals surface area contributed by atoms with Gasteiger partial charge >= 0.3 is 5.97 Å². The molecule has 0 aliphatic carbocycles. The number of halogens is 2. The van der Waals surface area contributed by atoms with Crippen molar-refractivity contribution in [2.24, 2.45) is 0 Å². The van der Waals surface area contributed by atoms with Crippen LogP contribution in [0.5, 0.6) is 11.5 Å². The lowest BCUT2D eigenvalue weighted by Crippen LogP contribution is -2.23. The molecule has 0 bridgehead atoms. The summed E-state index contributed by atoms with van der Waals surface area (Å²) in [5.74, 6) is -0.344. The molecule has 0 aromatic heterocycles. The van der Waals surface area contributed by atoms with Crippen LogP contribution in [0.4, 0.5) is 0 Å². The zero-order valence-corrected chi connectivity index (χ0v) is 17.4. The average Bonchev–Trinajstić information content (AvgIpc) is 2.74. The number of hydrogen-bond acceptors (Lipinski definition) is 3. The van der Waals surface area contributed by atoms with Gasteiger partial charge in [0, 0.05) is 23.9 Å². The van der Waals surface area contributed by atoms with Gasteiger partial charge in [-0.25, -0.2) is 0 Å². The van der Waals surface area contributed by atoms with Crippen LogP contribution in [0, 0.1) is 0 Å². The van der Waals surface area contributed by atoms with E-state index in [1.807, 2.05) is 30.3 Å². The summed E-state index contributed by atoms with van der Waals surface area (Å²) >= 11 is 12.3. The second-order valence-electron chi connectivity index (χ2n) is 6.59. The molecule has 0 heterocycles. The highest BCUT2D eigenvalue weighted by Gasteiger charge is 2.14. The summed E-state index contributed by atoms with van der Waals surface area (Å²) < 4.78 is 6.90. The Morgan fingerprint density at radius 1 is 0.933 bits per heavy atom. The second-order valence-corrected chi connectivity index (χ2v) is 7.40. The molecule has 0 saturated heterocycles. The lowest BCUT2D eigenvalue weighted by atomic mass is 10.1. The Kier molecular flexibility index (Phi) is 7.33. The molecule has 154 valence electrons. The Balaban J connectivity index is 1.60. The van der Waals surface area contributed by atoms with Gasteiger partial charge in [0.15, 0.2) is 0 Å². The number of amides is 1. The molecule has 3 aromatic carbocycles. The predicted octanol–water partition coefficient (Wildman–Crippen LogP) is 5.60. The van der Waals surface area contributed by atoms with Crippen molar-refractivity contribution in [1.82, 2.24) is 4.42 Å². The van der Waals surface area contributed by atoms with Crippen LogP contribution in [0.2, 0.25) is 5.02 Å². The van der Waals surface area contributed by atoms with E-state index in [-0.39, 0.29) is 12.3 Å². The average molecular weight is 444 g/mol. The molecular weight excluding hydrogens is 425 g/mol. The summed E-state index contributed by atoms with van der Waals surface area (Å²) in [4.78, 5) is 23.3. The summed E-state index contributed by atoms with van der Waals surface area (Å²) in [6.45, 7) is 0.390. The highest BCUT2D eigenvalue weighted by atomic mass is 35.5. The first-order chi connectivity index (χ1) is 14.4. The SMILES string of the molecule is O=C(O)Cc1ccc(Oc2ccc(C(=O)N(Cl)CCc3ccccc3)cc2)c(Cl)c1. The van der Waals surface area contributed by atoms with Crippen molar-refractivity contribution in [3.05, 3.63) is 94.5 Å². The van der Waals surface area contributed by atoms with E-state index in [1.165, 1.54) is 4.42 Å². The molecule has 1 N–H and O–H groups in total. The molecule has 3 aromatic rings. The molecule has 5 nitrogen and oxygen atoms in total. The summed E-state index contributed by atoms with van der Waals surface area (Å²) in [5.41, 5.74) is 2.12. The Bertz CT molecular complexity index is 1020. The minimum absolute atomic E-state index is 0.115. The highest BCUT2D eigenvalue weighted by Crippen LogP contribution is 2.30. The van der Waals surface area contributed by atoms with Crippen molar-refractivity contribution < 1.29 is 19.4 Å². The van der Waals surface area contributed by atoms with E-state index in [1.54, 1.807) is 42.5 Å². The van der Waals surface area contributed by atoms with Gasteiger partial charge < -0.3 is 9.84 Å². The fraction of sp³-hybridized carbons (Fsp3) is 0.130. The van der Waals surface area contributed by atoms with Gasteiger partial charge in [-0.1, -0.05) is 48.0 Å². The van der Waals surface area contributed by atoms with Crippen molar-refractivity contribution >= 4 is 35.3 Å². The normalized spacial score (nSPS) is 10.5. The molecule has 0 fully saturated rings. The predicted molar refractivity (Wildman–Crippen MR) is 116 cm³/mol. The first-order valence-electron chi connectivity index (χ1n) is 9.22. The highest BCUT2D eigenvalue weighted by molar-refractivity contribution is 6.32. The minimum atomic E-state index is -0.933. The van der Waals surface area contributed by atoms with Crippen molar-refractivity contribution in [2.45, 2.75) is 12.8 Å². The maximum Gasteiger partial charge on any atom is 0.307 e. The fourth-order valence-corrected chi connectivity index (χ4v) is 3.24. The standard InChI is InChI=1S/C23H19Cl2NO4/c24-20-14-17(15-22(27)28)6-11-21(20)30-19-9-7-18(8-10-19)23(29)26(25)13-12-16-4-2-1-3-5-16/h1-11,14H,12-13,15H2,(H,27,28). The number of aliphatic carboxylic acids is 1. The second kappa shape index (κ2) is 10.1. The van der Waals surface area contributed by atoms with Gasteiger partial charge in [-0.3, -0.25) is 14.0 Å². The smallest absolute Gasteiger partial charge is 0.307 e. The lowest BCUT2D eigenvalue weighted by Gasteiger charge is -2.14. The molecule has 3 rings (SSSR count). The molecule has 0 radical (unpaired) electrons. The number of carbonyl (C=O) groups excluding carboxylic acids is 1. The van der Waals surface area contributed by atoms with Crippen molar-refractivity contribution in [2.75, 3.05) is 6.54 Å². The quantitative estimate of drug-likeness (QED) is 0.460. The molecule has 0 saturated carbocycles. The van der Waals surface area contributed by atoms with Gasteiger partial charge in [-0.05, 0) is 53.9 Å². The first kappa shape index (κ1) is 21.7. The van der Waals surface area contributed by atoms with E-state index < -0.39 is 5.97 Å². The van der Waals surface area contributed by atoms with Gasteiger partial charge in [0.05, 0.1) is 11.4 Å². The third-order valence-electron chi connectivity index (χ3n) is 4.34. The number of hydrogen-bond donors (Lipinski definition) is 1. The number of benzene rings is 3. The van der Waals surface area contributed by atoms with Crippen LogP contribution < -0.4 is 4.74 Å². The lowest BCUT2D eigenvalue weighted by molar-refractivity contribution is -0.136. The third kappa shape index (κ3) is 5.99. The van der Waals surface area contributed by atoms with Crippen LogP contribution in [-0.4, -0.2) is 27.9 Å². The van der Waals surface area contributed by atoms with Crippen LogP contribution in [0.15, 0.2) is 72.8 Å². The van der Waals surface area contributed by atoms with Crippen LogP contribution >= 0.6 is 23.4 Å². The number of carbonyl (C=O) groups is 2. The molecule has 7 heteroatoms. The van der Waals surface area contributed by atoms with Crippen LogP contribution in [0.25, 0.3) is 0 Å². The van der Waals surface area contributed by atoms with Gasteiger partial charge in [0.1, 0.15) is 11.5 Å². The number of carboxylic acids is 1. The zero-order chi connectivity index (χ0) is 21.5. The van der Waals surface area contributed by atoms with E-state index >= 15 is 0 Å². The maximum atomic E-state index is 12.5. The minimum Gasteiger partial charge on any atom is -0.481 e. The molecule has 30 heavy (non-hydrogen) atoms. The van der Waals surface area contributed by atoms with Crippen molar-refractivity contribution in [1.29, 1.82) is 0 Å². The van der Waals surface area contributed by atoms with Gasteiger partial charge in [-0.15, -0.1) is 0 Å². The first-order valence-corrected chi connectivity index (χ1v) is 9.93. The zero-order valence-electron chi connectivity index (χ0n) is 15.9. The van der Waals surface area contributed by atoms with Crippen LogP contribution in [-0.2, 0) is 17.6 Å². The third-order valence-corrected chi connectivity index (χ3v) is 4.96. The number of nitrogens with zero attached hydrogens (tertiary/aromatic N) is 1. The van der Waals surface area contributed by atoms with Gasteiger partial charge in [0.2, 0.25) is 0 Å². The van der Waals surface area contributed by atoms with Gasteiger partial charge in [0.25, 0.3) is 5.91 Å². The maximum absolute atomic E-state index is 12.5. The molecule has 0 aliphatic heterocycles. The Morgan fingerprint density at radius 2 is 1.63 bits per heavy atom. The Hall–Kier alpha value is -3.02. The number of rotatable bonds is 8. The topological polar surface area (TPSA) is 66.8 Å². The molecule has 0 unspecified atom stereocenters. The van der Waals surface area contributed by atoms with E-state index in [0.29, 0.717) is 40.6 Å². The molecule has 0 aliphatic rings. The molecule has 0 atom stereocenters. The summed E-state index contributed by atoms with van der Waals surface area (Å²) in [6.07, 6.45) is 0.545. The van der Waals surface area contributed by atoms with E-state index in [2.05, 4.69) is 0 Å². The number of ether oxygens (including phenoxy) is 1. The van der Waals surface area contributed by atoms with Crippen LogP contribution in [0.1, 0.15) is 21.5 Å².